The third kappa shape index (κ3) is 66.2. The Balaban J connectivity index is 4.43. The van der Waals surface area contributed by atoms with Gasteiger partial charge in [0.1, 0.15) is 13.2 Å². The van der Waals surface area contributed by atoms with E-state index in [1.807, 2.05) is 0 Å². The van der Waals surface area contributed by atoms with Crippen LogP contribution in [0.1, 0.15) is 303 Å². The fourth-order valence-electron chi connectivity index (χ4n) is 9.15. The van der Waals surface area contributed by atoms with Gasteiger partial charge in [0.2, 0.25) is 0 Å². The van der Waals surface area contributed by atoms with Gasteiger partial charge >= 0.3 is 17.9 Å². The van der Waals surface area contributed by atoms with Crippen LogP contribution in [0.5, 0.6) is 0 Å². The summed E-state index contributed by atoms with van der Waals surface area (Å²) in [6.07, 6.45) is 96.1. The maximum absolute atomic E-state index is 12.9. The second kappa shape index (κ2) is 68.1. The van der Waals surface area contributed by atoms with E-state index >= 15 is 0 Å². The molecule has 0 rings (SSSR count). The summed E-state index contributed by atoms with van der Waals surface area (Å²) in [7, 11) is 0. The molecule has 0 aliphatic carbocycles. The van der Waals surface area contributed by atoms with Crippen LogP contribution < -0.4 is 0 Å². The van der Waals surface area contributed by atoms with Gasteiger partial charge in [0, 0.05) is 19.3 Å². The predicted octanol–water partition coefficient (Wildman–Crippen LogP) is 23.3. The minimum Gasteiger partial charge on any atom is -0.462 e. The van der Waals surface area contributed by atoms with Crippen molar-refractivity contribution in [3.05, 3.63) is 134 Å². The highest BCUT2D eigenvalue weighted by atomic mass is 16.6. The molecule has 6 nitrogen and oxygen atoms in total. The van der Waals surface area contributed by atoms with Crippen molar-refractivity contribution < 1.29 is 28.6 Å². The zero-order valence-electron chi connectivity index (χ0n) is 52.8. The number of ether oxygens (including phenoxy) is 3. The van der Waals surface area contributed by atoms with Crippen molar-refractivity contribution in [3.8, 4) is 0 Å². The van der Waals surface area contributed by atoms with E-state index in [1.165, 1.54) is 141 Å². The van der Waals surface area contributed by atoms with Gasteiger partial charge in [0.15, 0.2) is 6.10 Å². The van der Waals surface area contributed by atoms with Crippen LogP contribution in [-0.2, 0) is 28.6 Å². The third-order valence-electron chi connectivity index (χ3n) is 14.1. The molecule has 460 valence electrons. The van der Waals surface area contributed by atoms with Gasteiger partial charge < -0.3 is 14.2 Å². The van der Waals surface area contributed by atoms with E-state index in [1.54, 1.807) is 0 Å². The standard InChI is InChI=1S/C75H124O6/c1-4-7-10-13-16-19-22-25-28-31-33-35-36-37-38-40-41-44-47-50-53-56-59-62-65-68-74(77)80-71-72(70-79-73(76)67-64-61-58-55-52-49-46-43-30-27-24-21-18-15-12-9-6-3)81-75(78)69-66-63-60-57-54-51-48-45-42-39-34-32-29-26-23-20-17-14-11-8-5-2/h8-9,11-12,17-18,20-22,25-27,29-31,33-34,39,46,49,55,58,72H,4-7,10,13-16,19,23-24,28,32,35-38,40-45,47-48,50-54,56-57,59-71H2,1-3H3/b11-8-,12-9-,20-17-,21-18-,25-22-,29-26-,30-27-,33-31-,39-34-,49-46-,58-55-. The van der Waals surface area contributed by atoms with Gasteiger partial charge in [0.05, 0.1) is 0 Å². The Bertz CT molecular complexity index is 1720. The van der Waals surface area contributed by atoms with Crippen molar-refractivity contribution in [1.82, 2.24) is 0 Å². The number of hydrogen-bond donors (Lipinski definition) is 0. The molecule has 0 bridgehead atoms. The van der Waals surface area contributed by atoms with E-state index in [-0.39, 0.29) is 37.5 Å². The van der Waals surface area contributed by atoms with Gasteiger partial charge in [0.25, 0.3) is 0 Å². The van der Waals surface area contributed by atoms with Crippen LogP contribution in [0, 0.1) is 0 Å². The number of hydrogen-bond acceptors (Lipinski definition) is 6. The highest BCUT2D eigenvalue weighted by Crippen LogP contribution is 2.16. The number of rotatable bonds is 60. The second-order valence-electron chi connectivity index (χ2n) is 22.0. The Morgan fingerprint density at radius 1 is 0.259 bits per heavy atom. The Kier molecular flexibility index (Phi) is 64.3. The SMILES string of the molecule is CC/C=C\C/C=C\C/C=C\C/C=C\C/C=C\CCCC(=O)OCC(COC(=O)CCCCCCCCCCCCCCC/C=C\C/C=C\CCCCCCC)OC(=O)CCCCCCCCCC/C=C\C/C=C\C/C=C\C/C=C\CC. The van der Waals surface area contributed by atoms with Gasteiger partial charge in [-0.2, -0.15) is 0 Å². The molecule has 0 aliphatic rings. The first kappa shape index (κ1) is 76.5. The summed E-state index contributed by atoms with van der Waals surface area (Å²) in [5.74, 6) is -0.966. The first-order chi connectivity index (χ1) is 40.0. The van der Waals surface area contributed by atoms with Crippen LogP contribution >= 0.6 is 0 Å². The quantitative estimate of drug-likeness (QED) is 0.0261. The lowest BCUT2D eigenvalue weighted by molar-refractivity contribution is -0.167. The summed E-state index contributed by atoms with van der Waals surface area (Å²) in [6, 6.07) is 0. The van der Waals surface area contributed by atoms with Crippen LogP contribution in [0.15, 0.2) is 134 Å². The van der Waals surface area contributed by atoms with Gasteiger partial charge in [-0.15, -0.1) is 0 Å². The normalized spacial score (nSPS) is 13.0. The molecule has 0 saturated heterocycles. The molecule has 0 spiro atoms. The number of unbranched alkanes of at least 4 members (excludes halogenated alkanes) is 27. The fourth-order valence-corrected chi connectivity index (χ4v) is 9.15. The van der Waals surface area contributed by atoms with Crippen molar-refractivity contribution in [2.75, 3.05) is 13.2 Å². The summed E-state index contributed by atoms with van der Waals surface area (Å²) < 4.78 is 16.9. The monoisotopic (exact) mass is 1120 g/mol. The van der Waals surface area contributed by atoms with E-state index < -0.39 is 6.10 Å². The molecule has 0 aromatic carbocycles. The zero-order chi connectivity index (χ0) is 58.5. The highest BCUT2D eigenvalue weighted by molar-refractivity contribution is 5.71. The fraction of sp³-hybridized carbons (Fsp3) is 0.667. The highest BCUT2D eigenvalue weighted by Gasteiger charge is 2.19. The molecule has 0 N–H and O–H groups in total. The molecule has 6 heteroatoms. The number of carbonyl (C=O) groups is 3. The molecule has 0 amide bonds. The molecular weight excluding hydrogens is 997 g/mol. The Hall–Kier alpha value is -4.45. The topological polar surface area (TPSA) is 78.9 Å². The molecule has 0 radical (unpaired) electrons. The maximum Gasteiger partial charge on any atom is 0.306 e. The first-order valence-electron chi connectivity index (χ1n) is 33.7. The molecule has 1 unspecified atom stereocenters. The summed E-state index contributed by atoms with van der Waals surface area (Å²) in [4.78, 5) is 38.4. The van der Waals surface area contributed by atoms with Gasteiger partial charge in [-0.3, -0.25) is 14.4 Å². The minimum atomic E-state index is -0.812. The van der Waals surface area contributed by atoms with Gasteiger partial charge in [-0.25, -0.2) is 0 Å². The molecule has 0 heterocycles. The maximum atomic E-state index is 12.9. The number of esters is 3. The van der Waals surface area contributed by atoms with Gasteiger partial charge in [-0.05, 0) is 128 Å². The average molecular weight is 1120 g/mol. The summed E-state index contributed by atoms with van der Waals surface area (Å²) in [5.41, 5.74) is 0. The van der Waals surface area contributed by atoms with Crippen LogP contribution in [0.2, 0.25) is 0 Å². The zero-order valence-corrected chi connectivity index (χ0v) is 52.8. The first-order valence-corrected chi connectivity index (χ1v) is 33.7. The van der Waals surface area contributed by atoms with E-state index in [4.69, 9.17) is 14.2 Å². The Morgan fingerprint density at radius 2 is 0.494 bits per heavy atom. The minimum absolute atomic E-state index is 0.102. The van der Waals surface area contributed by atoms with Crippen LogP contribution in [-0.4, -0.2) is 37.2 Å². The van der Waals surface area contributed by atoms with Crippen LogP contribution in [0.25, 0.3) is 0 Å². The van der Waals surface area contributed by atoms with Crippen LogP contribution in [0.3, 0.4) is 0 Å². The predicted molar refractivity (Wildman–Crippen MR) is 353 cm³/mol. The van der Waals surface area contributed by atoms with E-state index in [9.17, 15) is 14.4 Å². The third-order valence-corrected chi connectivity index (χ3v) is 14.1. The molecule has 0 fully saturated rings. The van der Waals surface area contributed by atoms with E-state index in [0.717, 1.165) is 116 Å². The lowest BCUT2D eigenvalue weighted by Gasteiger charge is -2.18. The average Bonchev–Trinajstić information content (AvgIpc) is 3.47. The van der Waals surface area contributed by atoms with Crippen molar-refractivity contribution in [1.29, 1.82) is 0 Å². The summed E-state index contributed by atoms with van der Waals surface area (Å²) >= 11 is 0. The summed E-state index contributed by atoms with van der Waals surface area (Å²) in [6.45, 7) is 6.37. The van der Waals surface area contributed by atoms with Crippen molar-refractivity contribution in [2.45, 2.75) is 309 Å². The van der Waals surface area contributed by atoms with Crippen molar-refractivity contribution in [3.63, 3.8) is 0 Å². The van der Waals surface area contributed by atoms with Crippen LogP contribution in [0.4, 0.5) is 0 Å². The van der Waals surface area contributed by atoms with Gasteiger partial charge in [-0.1, -0.05) is 289 Å². The van der Waals surface area contributed by atoms with E-state index in [0.29, 0.717) is 19.3 Å². The lowest BCUT2D eigenvalue weighted by Crippen LogP contribution is -2.30. The second-order valence-corrected chi connectivity index (χ2v) is 22.0. The van der Waals surface area contributed by atoms with Crippen molar-refractivity contribution >= 4 is 17.9 Å². The molecule has 81 heavy (non-hydrogen) atoms. The summed E-state index contributed by atoms with van der Waals surface area (Å²) in [5, 5.41) is 0. The molecule has 0 aliphatic heterocycles. The smallest absolute Gasteiger partial charge is 0.306 e. The Labute approximate surface area is 500 Å². The van der Waals surface area contributed by atoms with Crippen molar-refractivity contribution in [2.24, 2.45) is 0 Å². The molecule has 0 aromatic rings. The molecule has 0 aromatic heterocycles. The lowest BCUT2D eigenvalue weighted by atomic mass is 10.0. The van der Waals surface area contributed by atoms with E-state index in [2.05, 4.69) is 154 Å². The molecular formula is C75H124O6. The molecule has 0 saturated carbocycles. The Morgan fingerprint density at radius 3 is 0.802 bits per heavy atom. The largest absolute Gasteiger partial charge is 0.462 e. The number of carbonyl (C=O) groups excluding carboxylic acids is 3. The number of allylic oxidation sites excluding steroid dienone is 22. The molecule has 1 atom stereocenters.